The molecule has 0 bridgehead atoms. The maximum atomic E-state index is 12.6. The van der Waals surface area contributed by atoms with Crippen LogP contribution >= 0.6 is 22.9 Å². The molecule has 0 atom stereocenters. The van der Waals surface area contributed by atoms with Crippen LogP contribution in [0.25, 0.3) is 10.6 Å². The van der Waals surface area contributed by atoms with Gasteiger partial charge in [-0.25, -0.2) is 4.98 Å². The zero-order valence-corrected chi connectivity index (χ0v) is 14.3. The minimum Gasteiger partial charge on any atom is -0.467 e. The molecule has 0 fully saturated rings. The minimum atomic E-state index is -0.0651. The van der Waals surface area contributed by atoms with Gasteiger partial charge in [-0.1, -0.05) is 23.7 Å². The van der Waals surface area contributed by atoms with Crippen LogP contribution in [0.3, 0.4) is 0 Å². The van der Waals surface area contributed by atoms with Gasteiger partial charge < -0.3 is 9.32 Å². The highest BCUT2D eigenvalue weighted by Gasteiger charge is 2.20. The summed E-state index contributed by atoms with van der Waals surface area (Å²) in [4.78, 5) is 19.4. The van der Waals surface area contributed by atoms with Gasteiger partial charge in [0.2, 0.25) is 0 Å². The number of furan rings is 1. The first-order valence-corrected chi connectivity index (χ1v) is 8.25. The number of hydrogen-bond acceptors (Lipinski definition) is 4. The maximum absolute atomic E-state index is 12.6. The Kier molecular flexibility index (Phi) is 4.50. The molecular formula is C17H15ClN2O2S. The molecule has 0 unspecified atom stereocenters. The molecule has 1 aromatic carbocycles. The predicted octanol–water partition coefficient (Wildman–Crippen LogP) is 4.64. The monoisotopic (exact) mass is 346 g/mol. The number of aryl methyl sites for hydroxylation is 1. The molecule has 0 aliphatic heterocycles. The van der Waals surface area contributed by atoms with E-state index in [-0.39, 0.29) is 5.91 Å². The van der Waals surface area contributed by atoms with Gasteiger partial charge in [-0.2, -0.15) is 0 Å². The molecule has 2 heterocycles. The Morgan fingerprint density at radius 3 is 2.87 bits per heavy atom. The zero-order valence-electron chi connectivity index (χ0n) is 12.7. The summed E-state index contributed by atoms with van der Waals surface area (Å²) in [6.45, 7) is 2.27. The minimum absolute atomic E-state index is 0.0651. The van der Waals surface area contributed by atoms with Crippen LogP contribution in [0.5, 0.6) is 0 Å². The van der Waals surface area contributed by atoms with E-state index in [1.807, 2.05) is 43.3 Å². The van der Waals surface area contributed by atoms with Gasteiger partial charge in [0.25, 0.3) is 5.91 Å². The molecule has 3 rings (SSSR count). The molecule has 0 saturated heterocycles. The van der Waals surface area contributed by atoms with Crippen molar-refractivity contribution in [3.05, 3.63) is 64.0 Å². The number of carbonyl (C=O) groups is 1. The van der Waals surface area contributed by atoms with Crippen LogP contribution in [0.4, 0.5) is 0 Å². The number of hydrogen-bond donors (Lipinski definition) is 0. The summed E-state index contributed by atoms with van der Waals surface area (Å²) in [5.41, 5.74) is 1.64. The Bertz CT molecular complexity index is 827. The summed E-state index contributed by atoms with van der Waals surface area (Å²) >= 11 is 7.40. The molecule has 0 N–H and O–H groups in total. The second-order valence-corrected chi connectivity index (χ2v) is 6.62. The van der Waals surface area contributed by atoms with E-state index in [1.165, 1.54) is 11.3 Å². The third kappa shape index (κ3) is 3.46. The van der Waals surface area contributed by atoms with Gasteiger partial charge in [0.15, 0.2) is 0 Å². The lowest BCUT2D eigenvalue weighted by molar-refractivity contribution is 0.0779. The van der Waals surface area contributed by atoms with E-state index in [4.69, 9.17) is 16.0 Å². The van der Waals surface area contributed by atoms with Gasteiger partial charge in [0, 0.05) is 17.6 Å². The van der Waals surface area contributed by atoms with Crippen molar-refractivity contribution >= 4 is 28.8 Å². The fourth-order valence-electron chi connectivity index (χ4n) is 2.22. The van der Waals surface area contributed by atoms with E-state index in [9.17, 15) is 4.79 Å². The normalized spacial score (nSPS) is 10.7. The van der Waals surface area contributed by atoms with E-state index in [1.54, 1.807) is 18.2 Å². The first kappa shape index (κ1) is 15.8. The number of halogens is 1. The second-order valence-electron chi connectivity index (χ2n) is 5.18. The standard InChI is InChI=1S/C17H15ClN2O2S/c1-11-15(17(21)20(2)10-14-7-4-8-22-14)23-16(19-11)12-5-3-6-13(18)9-12/h3-9H,10H2,1-2H3. The molecule has 6 heteroatoms. The number of aromatic nitrogens is 1. The Balaban J connectivity index is 1.84. The third-order valence-corrected chi connectivity index (χ3v) is 4.81. The molecule has 0 radical (unpaired) electrons. The number of benzene rings is 1. The molecule has 0 aliphatic carbocycles. The predicted molar refractivity (Wildman–Crippen MR) is 91.8 cm³/mol. The summed E-state index contributed by atoms with van der Waals surface area (Å²) in [6.07, 6.45) is 1.60. The van der Waals surface area contributed by atoms with Crippen molar-refractivity contribution in [1.29, 1.82) is 0 Å². The first-order chi connectivity index (χ1) is 11.0. The summed E-state index contributed by atoms with van der Waals surface area (Å²) < 4.78 is 5.29. The van der Waals surface area contributed by atoms with Gasteiger partial charge in [-0.15, -0.1) is 11.3 Å². The summed E-state index contributed by atoms with van der Waals surface area (Å²) in [6, 6.07) is 11.1. The molecule has 118 valence electrons. The Morgan fingerprint density at radius 2 is 2.17 bits per heavy atom. The molecule has 0 spiro atoms. The molecule has 0 aliphatic rings. The van der Waals surface area contributed by atoms with Crippen molar-refractivity contribution in [3.8, 4) is 10.6 Å². The molecule has 0 saturated carbocycles. The second kappa shape index (κ2) is 6.56. The van der Waals surface area contributed by atoms with Gasteiger partial charge in [-0.3, -0.25) is 4.79 Å². The SMILES string of the molecule is Cc1nc(-c2cccc(Cl)c2)sc1C(=O)N(C)Cc1ccco1. The highest BCUT2D eigenvalue weighted by molar-refractivity contribution is 7.17. The highest BCUT2D eigenvalue weighted by atomic mass is 35.5. The Morgan fingerprint density at radius 1 is 1.35 bits per heavy atom. The largest absolute Gasteiger partial charge is 0.467 e. The fourth-order valence-corrected chi connectivity index (χ4v) is 3.47. The summed E-state index contributed by atoms with van der Waals surface area (Å²) in [7, 11) is 1.75. The lowest BCUT2D eigenvalue weighted by Gasteiger charge is -2.14. The van der Waals surface area contributed by atoms with Crippen molar-refractivity contribution in [2.45, 2.75) is 13.5 Å². The average molecular weight is 347 g/mol. The highest BCUT2D eigenvalue weighted by Crippen LogP contribution is 2.30. The van der Waals surface area contributed by atoms with Crippen LogP contribution < -0.4 is 0 Å². The molecule has 3 aromatic rings. The van der Waals surface area contributed by atoms with Crippen LogP contribution in [0.2, 0.25) is 5.02 Å². The van der Waals surface area contributed by atoms with E-state index < -0.39 is 0 Å². The van der Waals surface area contributed by atoms with Crippen LogP contribution in [0, 0.1) is 6.92 Å². The van der Waals surface area contributed by atoms with E-state index in [0.29, 0.717) is 16.4 Å². The van der Waals surface area contributed by atoms with Crippen molar-refractivity contribution in [1.82, 2.24) is 9.88 Å². The van der Waals surface area contributed by atoms with Crippen LogP contribution in [0.1, 0.15) is 21.1 Å². The third-order valence-electron chi connectivity index (χ3n) is 3.38. The smallest absolute Gasteiger partial charge is 0.266 e. The van der Waals surface area contributed by atoms with Crippen LogP contribution in [-0.2, 0) is 6.54 Å². The Labute approximate surface area is 143 Å². The van der Waals surface area contributed by atoms with Crippen molar-refractivity contribution < 1.29 is 9.21 Å². The van der Waals surface area contributed by atoms with Gasteiger partial charge in [-0.05, 0) is 31.2 Å². The first-order valence-electron chi connectivity index (χ1n) is 7.06. The lowest BCUT2D eigenvalue weighted by atomic mass is 10.2. The number of carbonyl (C=O) groups excluding carboxylic acids is 1. The number of rotatable bonds is 4. The molecule has 1 amide bonds. The maximum Gasteiger partial charge on any atom is 0.266 e. The molecule has 2 aromatic heterocycles. The van der Waals surface area contributed by atoms with Crippen molar-refractivity contribution in [2.24, 2.45) is 0 Å². The zero-order chi connectivity index (χ0) is 16.4. The fraction of sp³-hybridized carbons (Fsp3) is 0.176. The van der Waals surface area contributed by atoms with E-state index >= 15 is 0 Å². The average Bonchev–Trinajstić information content (AvgIpc) is 3.16. The van der Waals surface area contributed by atoms with E-state index in [2.05, 4.69) is 4.98 Å². The molecule has 4 nitrogen and oxygen atoms in total. The summed E-state index contributed by atoms with van der Waals surface area (Å²) in [5.74, 6) is 0.683. The number of thiazole rings is 1. The van der Waals surface area contributed by atoms with E-state index in [0.717, 1.165) is 22.0 Å². The Hall–Kier alpha value is -2.11. The van der Waals surface area contributed by atoms with Gasteiger partial charge in [0.05, 0.1) is 18.5 Å². The summed E-state index contributed by atoms with van der Waals surface area (Å²) in [5, 5.41) is 1.44. The van der Waals surface area contributed by atoms with Crippen molar-refractivity contribution in [2.75, 3.05) is 7.05 Å². The number of amides is 1. The molecular weight excluding hydrogens is 332 g/mol. The van der Waals surface area contributed by atoms with Crippen LogP contribution in [-0.4, -0.2) is 22.8 Å². The van der Waals surface area contributed by atoms with Crippen LogP contribution in [0.15, 0.2) is 47.1 Å². The molecule has 23 heavy (non-hydrogen) atoms. The lowest BCUT2D eigenvalue weighted by Crippen LogP contribution is -2.25. The quantitative estimate of drug-likeness (QED) is 0.691. The van der Waals surface area contributed by atoms with Gasteiger partial charge >= 0.3 is 0 Å². The topological polar surface area (TPSA) is 46.3 Å². The van der Waals surface area contributed by atoms with Crippen molar-refractivity contribution in [3.63, 3.8) is 0 Å². The van der Waals surface area contributed by atoms with Gasteiger partial charge in [0.1, 0.15) is 15.6 Å². The number of nitrogens with zero attached hydrogens (tertiary/aromatic N) is 2.